The number of carbonyl (C=O) groups is 2. The van der Waals surface area contributed by atoms with E-state index in [0.29, 0.717) is 19.5 Å². The van der Waals surface area contributed by atoms with Gasteiger partial charge in [-0.25, -0.2) is 4.79 Å². The van der Waals surface area contributed by atoms with Crippen LogP contribution in [0.15, 0.2) is 18.2 Å². The lowest BCUT2D eigenvalue weighted by Crippen LogP contribution is -2.40. The lowest BCUT2D eigenvalue weighted by atomic mass is 10.0. The maximum Gasteiger partial charge on any atom is 0.317 e. The fourth-order valence-electron chi connectivity index (χ4n) is 2.99. The number of nitrogens with zero attached hydrogens (tertiary/aromatic N) is 1. The van der Waals surface area contributed by atoms with E-state index >= 15 is 0 Å². The summed E-state index contributed by atoms with van der Waals surface area (Å²) in [5.74, 6) is 1.12. The summed E-state index contributed by atoms with van der Waals surface area (Å²) in [7, 11) is 3.23. The number of likely N-dealkylation sites (tertiary alicyclic amines) is 1. The summed E-state index contributed by atoms with van der Waals surface area (Å²) in [6.45, 7) is 1.12. The molecule has 1 heterocycles. The van der Waals surface area contributed by atoms with E-state index in [1.54, 1.807) is 14.2 Å². The van der Waals surface area contributed by atoms with Gasteiger partial charge < -0.3 is 25.4 Å². The van der Waals surface area contributed by atoms with Crippen LogP contribution in [0.25, 0.3) is 0 Å². The highest BCUT2D eigenvalue weighted by Gasteiger charge is 2.32. The van der Waals surface area contributed by atoms with Crippen LogP contribution in [0.2, 0.25) is 0 Å². The molecule has 1 fully saturated rings. The summed E-state index contributed by atoms with van der Waals surface area (Å²) in [5, 5.41) is 2.85. The summed E-state index contributed by atoms with van der Waals surface area (Å²) in [6, 6.07) is 5.43. The van der Waals surface area contributed by atoms with Crippen molar-refractivity contribution < 1.29 is 19.1 Å². The first-order chi connectivity index (χ1) is 11.6. The van der Waals surface area contributed by atoms with Crippen molar-refractivity contribution in [2.45, 2.75) is 31.7 Å². The molecule has 24 heavy (non-hydrogen) atoms. The highest BCUT2D eigenvalue weighted by molar-refractivity contribution is 5.76. The van der Waals surface area contributed by atoms with E-state index in [4.69, 9.17) is 15.2 Å². The number of benzene rings is 1. The Bertz CT molecular complexity index is 591. The van der Waals surface area contributed by atoms with Gasteiger partial charge >= 0.3 is 6.03 Å². The van der Waals surface area contributed by atoms with Gasteiger partial charge in [-0.1, -0.05) is 0 Å². The smallest absolute Gasteiger partial charge is 0.317 e. The zero-order valence-electron chi connectivity index (χ0n) is 14.2. The molecule has 1 aliphatic rings. The number of rotatable bonds is 7. The van der Waals surface area contributed by atoms with Crippen molar-refractivity contribution in [3.63, 3.8) is 0 Å². The van der Waals surface area contributed by atoms with E-state index in [1.165, 1.54) is 0 Å². The van der Waals surface area contributed by atoms with E-state index in [1.807, 2.05) is 23.1 Å². The molecule has 1 saturated heterocycles. The van der Waals surface area contributed by atoms with Crippen LogP contribution >= 0.6 is 0 Å². The van der Waals surface area contributed by atoms with Gasteiger partial charge in [0.25, 0.3) is 0 Å². The fourth-order valence-corrected chi connectivity index (χ4v) is 2.99. The first-order valence-corrected chi connectivity index (χ1v) is 8.11. The second-order valence-corrected chi connectivity index (χ2v) is 5.76. The van der Waals surface area contributed by atoms with Crippen molar-refractivity contribution in [2.24, 2.45) is 5.73 Å². The van der Waals surface area contributed by atoms with Crippen molar-refractivity contribution >= 4 is 11.9 Å². The predicted molar refractivity (Wildman–Crippen MR) is 90.1 cm³/mol. The molecular weight excluding hydrogens is 310 g/mol. The van der Waals surface area contributed by atoms with Crippen LogP contribution in [0.5, 0.6) is 11.5 Å². The third kappa shape index (κ3) is 4.31. The average Bonchev–Trinajstić information content (AvgIpc) is 3.07. The molecule has 0 aromatic heterocycles. The molecule has 0 radical (unpaired) electrons. The van der Waals surface area contributed by atoms with Crippen LogP contribution in [-0.2, 0) is 4.79 Å². The molecule has 0 spiro atoms. The summed E-state index contributed by atoms with van der Waals surface area (Å²) < 4.78 is 10.7. The number of nitrogens with two attached hydrogens (primary N) is 1. The van der Waals surface area contributed by atoms with Crippen molar-refractivity contribution in [2.75, 3.05) is 27.3 Å². The van der Waals surface area contributed by atoms with Crippen molar-refractivity contribution in [1.29, 1.82) is 0 Å². The van der Waals surface area contributed by atoms with Gasteiger partial charge in [-0.2, -0.15) is 0 Å². The molecule has 0 aliphatic carbocycles. The van der Waals surface area contributed by atoms with Crippen molar-refractivity contribution in [3.05, 3.63) is 23.8 Å². The van der Waals surface area contributed by atoms with E-state index in [-0.39, 0.29) is 24.4 Å². The number of urea groups is 1. The largest absolute Gasteiger partial charge is 0.497 e. The molecular formula is C17H25N3O4. The van der Waals surface area contributed by atoms with Crippen molar-refractivity contribution in [3.8, 4) is 11.5 Å². The Kier molecular flexibility index (Phi) is 6.28. The standard InChI is InChI=1S/C17H25N3O4/c1-23-12-7-8-15(24-2)13(11-12)14-5-4-10-20(14)17(22)19-9-3-6-16(18)21/h7-8,11,14H,3-6,9-10H2,1-2H3,(H2,18,21)(H,19,22)/t14-/m1/s1. The molecule has 1 atom stereocenters. The SMILES string of the molecule is COc1ccc(OC)c([C@H]2CCCN2C(=O)NCCCC(N)=O)c1. The normalized spacial score (nSPS) is 16.8. The minimum absolute atomic E-state index is 0.0498. The van der Waals surface area contributed by atoms with Crippen LogP contribution in [0.4, 0.5) is 4.79 Å². The topological polar surface area (TPSA) is 93.9 Å². The van der Waals surface area contributed by atoms with E-state index < -0.39 is 0 Å². The monoisotopic (exact) mass is 335 g/mol. The Morgan fingerprint density at radius 3 is 2.79 bits per heavy atom. The zero-order valence-corrected chi connectivity index (χ0v) is 14.2. The van der Waals surface area contributed by atoms with Crippen LogP contribution in [-0.4, -0.2) is 44.1 Å². The molecule has 3 N–H and O–H groups in total. The molecule has 0 bridgehead atoms. The summed E-state index contributed by atoms with van der Waals surface area (Å²) in [5.41, 5.74) is 6.05. The van der Waals surface area contributed by atoms with E-state index in [9.17, 15) is 9.59 Å². The number of nitrogens with one attached hydrogen (secondary N) is 1. The average molecular weight is 335 g/mol. The lowest BCUT2D eigenvalue weighted by Gasteiger charge is -2.27. The second-order valence-electron chi connectivity index (χ2n) is 5.76. The summed E-state index contributed by atoms with van der Waals surface area (Å²) in [4.78, 5) is 25.0. The number of hydrogen-bond donors (Lipinski definition) is 2. The Morgan fingerprint density at radius 2 is 2.12 bits per heavy atom. The predicted octanol–water partition coefficient (Wildman–Crippen LogP) is 1.82. The highest BCUT2D eigenvalue weighted by atomic mass is 16.5. The van der Waals surface area contributed by atoms with E-state index in [2.05, 4.69) is 5.32 Å². The zero-order chi connectivity index (χ0) is 17.5. The summed E-state index contributed by atoms with van der Waals surface area (Å²) in [6.07, 6.45) is 2.62. The maximum atomic E-state index is 12.5. The molecule has 0 saturated carbocycles. The third-order valence-electron chi connectivity index (χ3n) is 4.19. The van der Waals surface area contributed by atoms with Gasteiger partial charge in [0.15, 0.2) is 0 Å². The Labute approximate surface area is 142 Å². The quantitative estimate of drug-likeness (QED) is 0.743. The van der Waals surface area contributed by atoms with Gasteiger partial charge in [-0.05, 0) is 37.5 Å². The number of amides is 3. The number of ether oxygens (including phenoxy) is 2. The molecule has 7 nitrogen and oxygen atoms in total. The van der Waals surface area contributed by atoms with Gasteiger partial charge in [-0.15, -0.1) is 0 Å². The van der Waals surface area contributed by atoms with Gasteiger partial charge in [0.05, 0.1) is 20.3 Å². The Hall–Kier alpha value is -2.44. The number of carbonyl (C=O) groups excluding carboxylic acids is 2. The maximum absolute atomic E-state index is 12.5. The van der Waals surface area contributed by atoms with Crippen LogP contribution in [0.1, 0.15) is 37.3 Å². The number of hydrogen-bond acceptors (Lipinski definition) is 4. The van der Waals surface area contributed by atoms with Crippen LogP contribution < -0.4 is 20.5 Å². The minimum Gasteiger partial charge on any atom is -0.497 e. The highest BCUT2D eigenvalue weighted by Crippen LogP contribution is 2.38. The van der Waals surface area contributed by atoms with Gasteiger partial charge in [0.1, 0.15) is 11.5 Å². The molecule has 0 unspecified atom stereocenters. The Morgan fingerprint density at radius 1 is 1.33 bits per heavy atom. The molecule has 1 aliphatic heterocycles. The third-order valence-corrected chi connectivity index (χ3v) is 4.19. The second kappa shape index (κ2) is 8.42. The number of primary amides is 1. The van der Waals surface area contributed by atoms with Crippen LogP contribution in [0, 0.1) is 0 Å². The van der Waals surface area contributed by atoms with Gasteiger partial charge in [-0.3, -0.25) is 4.79 Å². The first kappa shape index (κ1) is 17.9. The molecule has 132 valence electrons. The van der Waals surface area contributed by atoms with Crippen LogP contribution in [0.3, 0.4) is 0 Å². The molecule has 1 aromatic carbocycles. The molecule has 3 amide bonds. The molecule has 7 heteroatoms. The summed E-state index contributed by atoms with van der Waals surface area (Å²) >= 11 is 0. The minimum atomic E-state index is -0.357. The molecule has 2 rings (SSSR count). The fraction of sp³-hybridized carbons (Fsp3) is 0.529. The number of methoxy groups -OCH3 is 2. The molecule has 1 aromatic rings. The van der Waals surface area contributed by atoms with E-state index in [0.717, 1.165) is 29.9 Å². The Balaban J connectivity index is 2.07. The van der Waals surface area contributed by atoms with Gasteiger partial charge in [0.2, 0.25) is 5.91 Å². The lowest BCUT2D eigenvalue weighted by molar-refractivity contribution is -0.118. The first-order valence-electron chi connectivity index (χ1n) is 8.11. The van der Waals surface area contributed by atoms with Crippen molar-refractivity contribution in [1.82, 2.24) is 10.2 Å². The van der Waals surface area contributed by atoms with Gasteiger partial charge in [0, 0.05) is 25.1 Å².